The van der Waals surface area contributed by atoms with Crippen LogP contribution < -0.4 is 11.3 Å². The van der Waals surface area contributed by atoms with Crippen molar-refractivity contribution in [1.29, 1.82) is 0 Å². The number of nitrogens with two attached hydrogens (primary N) is 1. The Kier molecular flexibility index (Phi) is 6.16. The number of aryl methyl sites for hydroxylation is 1. The number of benzene rings is 2. The van der Waals surface area contributed by atoms with E-state index in [1.54, 1.807) is 6.07 Å². The minimum absolute atomic E-state index is 0.0894. The van der Waals surface area contributed by atoms with Gasteiger partial charge < -0.3 is 15.0 Å². The third-order valence-corrected chi connectivity index (χ3v) is 6.22. The van der Waals surface area contributed by atoms with Crippen molar-refractivity contribution in [2.45, 2.75) is 31.4 Å². The Balaban J connectivity index is 1.68. The molecule has 0 spiro atoms. The molecule has 0 saturated heterocycles. The van der Waals surface area contributed by atoms with Crippen LogP contribution in [0, 0.1) is 11.6 Å². The molecule has 1 atom stereocenters. The van der Waals surface area contributed by atoms with Crippen molar-refractivity contribution in [3.63, 3.8) is 0 Å². The zero-order valence-corrected chi connectivity index (χ0v) is 18.9. The smallest absolute Gasteiger partial charge is 0.345 e. The van der Waals surface area contributed by atoms with Crippen molar-refractivity contribution in [3.05, 3.63) is 103 Å². The fourth-order valence-corrected chi connectivity index (χ4v) is 4.44. The molecule has 9 heteroatoms. The highest BCUT2D eigenvalue weighted by Gasteiger charge is 2.46. The molecule has 1 aliphatic rings. The van der Waals surface area contributed by atoms with E-state index in [1.165, 1.54) is 29.0 Å². The van der Waals surface area contributed by atoms with Crippen molar-refractivity contribution in [1.82, 2.24) is 4.57 Å². The number of halogens is 3. The van der Waals surface area contributed by atoms with Crippen LogP contribution in [-0.2, 0) is 28.1 Å². The van der Waals surface area contributed by atoms with Crippen molar-refractivity contribution >= 4 is 27.8 Å². The maximum Gasteiger partial charge on any atom is 0.345 e. The number of rotatable bonds is 5. The number of carbonyl (C=O) groups excluding carboxylic acids is 2. The first-order valence-corrected chi connectivity index (χ1v) is 11.0. The fourth-order valence-electron chi connectivity index (χ4n) is 4.08. The molecule has 170 valence electrons. The Morgan fingerprint density at radius 2 is 1.91 bits per heavy atom. The van der Waals surface area contributed by atoms with Gasteiger partial charge in [0.05, 0.1) is 6.54 Å². The molecule has 1 aliphatic carbocycles. The van der Waals surface area contributed by atoms with Crippen LogP contribution in [0.15, 0.2) is 64.0 Å². The first-order valence-electron chi connectivity index (χ1n) is 10.2. The molecule has 1 unspecified atom stereocenters. The predicted molar refractivity (Wildman–Crippen MR) is 120 cm³/mol. The fraction of sp³-hybridized carbons (Fsp3) is 0.208. The van der Waals surface area contributed by atoms with Crippen LogP contribution in [0.3, 0.4) is 0 Å². The highest BCUT2D eigenvalue weighted by molar-refractivity contribution is 9.10. The topological polar surface area (TPSA) is 91.4 Å². The maximum absolute atomic E-state index is 13.5. The van der Waals surface area contributed by atoms with Crippen molar-refractivity contribution in [2.75, 3.05) is 0 Å². The second-order valence-corrected chi connectivity index (χ2v) is 8.75. The van der Waals surface area contributed by atoms with Gasteiger partial charge in [-0.3, -0.25) is 9.59 Å². The average molecular weight is 517 g/mol. The number of amides is 1. The molecule has 0 saturated carbocycles. The van der Waals surface area contributed by atoms with Gasteiger partial charge in [-0.15, -0.1) is 0 Å². The zero-order chi connectivity index (χ0) is 23.8. The van der Waals surface area contributed by atoms with E-state index in [1.807, 2.05) is 12.1 Å². The van der Waals surface area contributed by atoms with Gasteiger partial charge in [0, 0.05) is 22.7 Å². The third kappa shape index (κ3) is 4.32. The normalized spacial score (nSPS) is 17.3. The lowest BCUT2D eigenvalue weighted by atomic mass is 9.78. The maximum atomic E-state index is 13.5. The van der Waals surface area contributed by atoms with Gasteiger partial charge in [-0.25, -0.2) is 13.6 Å². The molecule has 1 amide bonds. The molecule has 3 aromatic rings. The molecule has 1 aromatic heterocycles. The Morgan fingerprint density at radius 1 is 1.12 bits per heavy atom. The van der Waals surface area contributed by atoms with E-state index in [2.05, 4.69) is 15.9 Å². The monoisotopic (exact) mass is 516 g/mol. The molecular weight excluding hydrogens is 498 g/mol. The lowest BCUT2D eigenvalue weighted by Crippen LogP contribution is -2.48. The van der Waals surface area contributed by atoms with Crippen LogP contribution >= 0.6 is 15.9 Å². The first-order chi connectivity index (χ1) is 15.7. The van der Waals surface area contributed by atoms with Gasteiger partial charge in [0.2, 0.25) is 5.60 Å². The number of pyridine rings is 1. The summed E-state index contributed by atoms with van der Waals surface area (Å²) in [7, 11) is 0. The number of fused-ring (bicyclic) bond motifs is 1. The second kappa shape index (κ2) is 8.90. The Hall–Kier alpha value is -3.33. The van der Waals surface area contributed by atoms with E-state index in [9.17, 15) is 23.2 Å². The highest BCUT2D eigenvalue weighted by atomic mass is 79.9. The summed E-state index contributed by atoms with van der Waals surface area (Å²) in [6.45, 7) is -0.0894. The van der Waals surface area contributed by atoms with E-state index in [4.69, 9.17) is 10.5 Å². The standard InChI is InChI=1S/C24H19BrF2N2O4/c25-16-7-6-15-3-1-9-24(23(28)32,18(15)12-16)33-22(31)17-4-2-10-29(21(17)30)13-14-5-8-19(26)20(27)11-14/h2,4-8,10-12H,1,3,9,13H2,(H2,28,32). The molecule has 6 nitrogen and oxygen atoms in total. The molecule has 2 aromatic carbocycles. The zero-order valence-electron chi connectivity index (χ0n) is 17.3. The van der Waals surface area contributed by atoms with Crippen LogP contribution in [-0.4, -0.2) is 16.4 Å². The van der Waals surface area contributed by atoms with Gasteiger partial charge in [-0.1, -0.05) is 28.1 Å². The van der Waals surface area contributed by atoms with Crippen molar-refractivity contribution in [2.24, 2.45) is 5.73 Å². The van der Waals surface area contributed by atoms with Crippen LogP contribution in [0.5, 0.6) is 0 Å². The third-order valence-electron chi connectivity index (χ3n) is 5.72. The molecule has 0 fully saturated rings. The van der Waals surface area contributed by atoms with Gasteiger partial charge in [0.1, 0.15) is 5.56 Å². The summed E-state index contributed by atoms with van der Waals surface area (Å²) in [5.74, 6) is -3.86. The molecule has 0 aliphatic heterocycles. The summed E-state index contributed by atoms with van der Waals surface area (Å²) in [4.78, 5) is 38.6. The summed E-state index contributed by atoms with van der Waals surface area (Å²) >= 11 is 3.37. The summed E-state index contributed by atoms with van der Waals surface area (Å²) in [5, 5.41) is 0. The van der Waals surface area contributed by atoms with E-state index in [-0.39, 0.29) is 18.5 Å². The van der Waals surface area contributed by atoms with Gasteiger partial charge in [0.25, 0.3) is 11.5 Å². The lowest BCUT2D eigenvalue weighted by Gasteiger charge is -2.36. The van der Waals surface area contributed by atoms with Crippen molar-refractivity contribution in [3.8, 4) is 0 Å². The lowest BCUT2D eigenvalue weighted by molar-refractivity contribution is -0.140. The number of ether oxygens (including phenoxy) is 1. The van der Waals surface area contributed by atoms with Crippen LogP contribution in [0.1, 0.15) is 39.9 Å². The quantitative estimate of drug-likeness (QED) is 0.522. The summed E-state index contributed by atoms with van der Waals surface area (Å²) in [6.07, 6.45) is 2.87. The molecule has 33 heavy (non-hydrogen) atoms. The number of primary amides is 1. The summed E-state index contributed by atoms with van der Waals surface area (Å²) < 4.78 is 34.3. The Bertz CT molecular complexity index is 1320. The van der Waals surface area contributed by atoms with E-state index >= 15 is 0 Å². The number of esters is 1. The second-order valence-electron chi connectivity index (χ2n) is 7.84. The molecule has 0 radical (unpaired) electrons. The van der Waals surface area contributed by atoms with Gasteiger partial charge in [-0.2, -0.15) is 0 Å². The molecule has 4 rings (SSSR count). The summed E-state index contributed by atoms with van der Waals surface area (Å²) in [5.41, 5.74) is 4.66. The highest BCUT2D eigenvalue weighted by Crippen LogP contribution is 2.40. The average Bonchev–Trinajstić information content (AvgIpc) is 2.78. The number of carbonyl (C=O) groups is 2. The number of nitrogens with zero attached hydrogens (tertiary/aromatic N) is 1. The first kappa shape index (κ1) is 22.8. The number of aromatic nitrogens is 1. The molecule has 0 bridgehead atoms. The Morgan fingerprint density at radius 3 is 2.64 bits per heavy atom. The number of hydrogen-bond acceptors (Lipinski definition) is 4. The Labute approximate surface area is 196 Å². The van der Waals surface area contributed by atoms with Crippen LogP contribution in [0.25, 0.3) is 0 Å². The van der Waals surface area contributed by atoms with Gasteiger partial charge in [0.15, 0.2) is 11.6 Å². The minimum atomic E-state index is -1.71. The van der Waals surface area contributed by atoms with Gasteiger partial charge >= 0.3 is 5.97 Å². The minimum Gasteiger partial charge on any atom is -0.440 e. The number of hydrogen-bond donors (Lipinski definition) is 1. The van der Waals surface area contributed by atoms with Gasteiger partial charge in [-0.05, 0) is 60.4 Å². The SMILES string of the molecule is NC(=O)C1(OC(=O)c2cccn(Cc3ccc(F)c(F)c3)c2=O)CCCc2ccc(Br)cc21. The van der Waals surface area contributed by atoms with E-state index in [0.717, 1.165) is 17.7 Å². The molecule has 1 heterocycles. The predicted octanol–water partition coefficient (Wildman–Crippen LogP) is 3.81. The van der Waals surface area contributed by atoms with E-state index in [0.29, 0.717) is 28.4 Å². The van der Waals surface area contributed by atoms with Crippen LogP contribution in [0.2, 0.25) is 0 Å². The van der Waals surface area contributed by atoms with Crippen molar-refractivity contribution < 1.29 is 23.1 Å². The largest absolute Gasteiger partial charge is 0.440 e. The summed E-state index contributed by atoms with van der Waals surface area (Å²) in [6, 6.07) is 11.4. The molecule has 2 N–H and O–H groups in total. The van der Waals surface area contributed by atoms with Crippen LogP contribution in [0.4, 0.5) is 8.78 Å². The van der Waals surface area contributed by atoms with E-state index < -0.39 is 34.7 Å². The molecular formula is C24H19BrF2N2O4.